The number of nitrogens with zero attached hydrogens (tertiary/aromatic N) is 2. The van der Waals surface area contributed by atoms with Crippen LogP contribution in [0.2, 0.25) is 0 Å². The lowest BCUT2D eigenvalue weighted by molar-refractivity contribution is -0.153. The van der Waals surface area contributed by atoms with Crippen LogP contribution in [0.1, 0.15) is 40.5 Å². The van der Waals surface area contributed by atoms with Crippen LogP contribution in [0.5, 0.6) is 0 Å². The average Bonchev–Trinajstić information content (AvgIpc) is 2.25. The van der Waals surface area contributed by atoms with Crippen molar-refractivity contribution in [3.05, 3.63) is 0 Å². The molecule has 2 aliphatic rings. The Morgan fingerprint density at radius 3 is 2.50 bits per heavy atom. The Bertz CT molecular complexity index is 389. The van der Waals surface area contributed by atoms with E-state index in [9.17, 15) is 9.59 Å². The summed E-state index contributed by atoms with van der Waals surface area (Å²) < 4.78 is 5.73. The van der Waals surface area contributed by atoms with E-state index in [0.29, 0.717) is 19.7 Å². The van der Waals surface area contributed by atoms with E-state index in [-0.39, 0.29) is 29.4 Å². The van der Waals surface area contributed by atoms with Gasteiger partial charge < -0.3 is 14.5 Å². The highest BCUT2D eigenvalue weighted by Crippen LogP contribution is 2.29. The van der Waals surface area contributed by atoms with Crippen LogP contribution in [0.4, 0.5) is 0 Å². The monoisotopic (exact) mass is 282 g/mol. The quantitative estimate of drug-likeness (QED) is 0.783. The number of amides is 2. The van der Waals surface area contributed by atoms with Crippen LogP contribution in [0.3, 0.4) is 0 Å². The van der Waals surface area contributed by atoms with E-state index >= 15 is 0 Å². The number of hydrogen-bond acceptors (Lipinski definition) is 3. The molecule has 114 valence electrons. The molecule has 1 unspecified atom stereocenters. The van der Waals surface area contributed by atoms with Crippen molar-refractivity contribution in [1.29, 1.82) is 0 Å². The van der Waals surface area contributed by atoms with Crippen molar-refractivity contribution >= 4 is 11.8 Å². The predicted molar refractivity (Wildman–Crippen MR) is 76.2 cm³/mol. The normalized spacial score (nSPS) is 26.0. The van der Waals surface area contributed by atoms with Crippen LogP contribution in [0.15, 0.2) is 0 Å². The van der Waals surface area contributed by atoms with Crippen LogP contribution in [-0.2, 0) is 14.3 Å². The fourth-order valence-electron chi connectivity index (χ4n) is 3.19. The summed E-state index contributed by atoms with van der Waals surface area (Å²) in [6, 6.07) is 0.266. The molecule has 0 aromatic heterocycles. The minimum Gasteiger partial charge on any atom is -0.375 e. The van der Waals surface area contributed by atoms with Crippen LogP contribution in [0.25, 0.3) is 0 Å². The molecule has 0 aromatic rings. The first-order valence-electron chi connectivity index (χ1n) is 7.54. The van der Waals surface area contributed by atoms with E-state index in [1.807, 2.05) is 11.8 Å². The van der Waals surface area contributed by atoms with Crippen molar-refractivity contribution in [2.45, 2.75) is 52.2 Å². The second-order valence-corrected chi connectivity index (χ2v) is 6.50. The highest BCUT2D eigenvalue weighted by molar-refractivity contribution is 5.84. The third-order valence-electron chi connectivity index (χ3n) is 4.41. The summed E-state index contributed by atoms with van der Waals surface area (Å²) in [4.78, 5) is 27.5. The van der Waals surface area contributed by atoms with Crippen molar-refractivity contribution in [2.75, 3.05) is 26.2 Å². The summed E-state index contributed by atoms with van der Waals surface area (Å²) in [6.45, 7) is 10.4. The van der Waals surface area contributed by atoms with E-state index in [1.54, 1.807) is 11.8 Å². The van der Waals surface area contributed by atoms with Gasteiger partial charge in [-0.1, -0.05) is 0 Å². The maximum absolute atomic E-state index is 12.6. The van der Waals surface area contributed by atoms with Gasteiger partial charge in [0.05, 0.1) is 11.5 Å². The van der Waals surface area contributed by atoms with Gasteiger partial charge in [-0.2, -0.15) is 0 Å². The zero-order valence-corrected chi connectivity index (χ0v) is 13.0. The van der Waals surface area contributed by atoms with Crippen molar-refractivity contribution in [2.24, 2.45) is 5.92 Å². The standard InChI is InChI=1S/C15H26N2O3/c1-5-17(13-6-7-20-15(3,4)8-13)14(19)12-9-16(10-12)11(2)18/h12-13H,5-10H2,1-4H3. The van der Waals surface area contributed by atoms with E-state index < -0.39 is 0 Å². The molecule has 0 spiro atoms. The molecule has 2 fully saturated rings. The summed E-state index contributed by atoms with van der Waals surface area (Å²) in [5, 5.41) is 0. The molecule has 2 heterocycles. The minimum absolute atomic E-state index is 0.00944. The number of carbonyl (C=O) groups excluding carboxylic acids is 2. The van der Waals surface area contributed by atoms with Gasteiger partial charge in [0.2, 0.25) is 11.8 Å². The Labute approximate surface area is 121 Å². The molecule has 2 amide bonds. The van der Waals surface area contributed by atoms with Gasteiger partial charge in [-0.05, 0) is 33.6 Å². The van der Waals surface area contributed by atoms with Gasteiger partial charge in [-0.25, -0.2) is 0 Å². The van der Waals surface area contributed by atoms with Crippen molar-refractivity contribution in [3.63, 3.8) is 0 Å². The summed E-state index contributed by atoms with van der Waals surface area (Å²) in [6.07, 6.45) is 1.79. The Balaban J connectivity index is 1.95. The maximum Gasteiger partial charge on any atom is 0.229 e. The molecule has 20 heavy (non-hydrogen) atoms. The van der Waals surface area contributed by atoms with Crippen LogP contribution in [-0.4, -0.2) is 59.5 Å². The number of carbonyl (C=O) groups is 2. The molecule has 0 aliphatic carbocycles. The smallest absolute Gasteiger partial charge is 0.229 e. The maximum atomic E-state index is 12.6. The average molecular weight is 282 g/mol. The van der Waals surface area contributed by atoms with Gasteiger partial charge in [0.1, 0.15) is 0 Å². The molecular weight excluding hydrogens is 256 g/mol. The Morgan fingerprint density at radius 1 is 1.35 bits per heavy atom. The van der Waals surface area contributed by atoms with E-state index in [0.717, 1.165) is 19.4 Å². The van der Waals surface area contributed by atoms with E-state index in [1.165, 1.54) is 0 Å². The number of rotatable bonds is 3. The van der Waals surface area contributed by atoms with Crippen LogP contribution < -0.4 is 0 Å². The van der Waals surface area contributed by atoms with Gasteiger partial charge in [-0.3, -0.25) is 9.59 Å². The molecule has 0 N–H and O–H groups in total. The van der Waals surface area contributed by atoms with Gasteiger partial charge in [0.25, 0.3) is 0 Å². The van der Waals surface area contributed by atoms with Crippen molar-refractivity contribution < 1.29 is 14.3 Å². The first kappa shape index (κ1) is 15.3. The summed E-state index contributed by atoms with van der Waals surface area (Å²) in [5.41, 5.74) is -0.151. The molecule has 0 bridgehead atoms. The summed E-state index contributed by atoms with van der Waals surface area (Å²) in [7, 11) is 0. The van der Waals surface area contributed by atoms with E-state index in [2.05, 4.69) is 13.8 Å². The largest absolute Gasteiger partial charge is 0.375 e. The molecule has 5 nitrogen and oxygen atoms in total. The number of likely N-dealkylation sites (tertiary alicyclic amines) is 1. The first-order valence-corrected chi connectivity index (χ1v) is 7.54. The van der Waals surface area contributed by atoms with Gasteiger partial charge in [0, 0.05) is 39.2 Å². The molecular formula is C15H26N2O3. The lowest BCUT2D eigenvalue weighted by Gasteiger charge is -2.45. The fraction of sp³-hybridized carbons (Fsp3) is 0.867. The zero-order valence-electron chi connectivity index (χ0n) is 13.0. The molecule has 0 saturated carbocycles. The Kier molecular flexibility index (Phi) is 4.37. The zero-order chi connectivity index (χ0) is 14.9. The lowest BCUT2D eigenvalue weighted by atomic mass is 9.90. The number of ether oxygens (including phenoxy) is 1. The molecule has 5 heteroatoms. The highest BCUT2D eigenvalue weighted by Gasteiger charge is 2.40. The van der Waals surface area contributed by atoms with E-state index in [4.69, 9.17) is 4.74 Å². The first-order chi connectivity index (χ1) is 9.34. The second kappa shape index (κ2) is 5.72. The minimum atomic E-state index is -0.151. The van der Waals surface area contributed by atoms with Crippen molar-refractivity contribution in [1.82, 2.24) is 9.80 Å². The SMILES string of the molecule is CCN(C(=O)C1CN(C(C)=O)C1)C1CCOC(C)(C)C1. The topological polar surface area (TPSA) is 49.9 Å². The van der Waals surface area contributed by atoms with Crippen molar-refractivity contribution in [3.8, 4) is 0 Å². The lowest BCUT2D eigenvalue weighted by Crippen LogP contribution is -2.58. The Morgan fingerprint density at radius 2 is 2.00 bits per heavy atom. The van der Waals surface area contributed by atoms with Crippen LogP contribution >= 0.6 is 0 Å². The highest BCUT2D eigenvalue weighted by atomic mass is 16.5. The second-order valence-electron chi connectivity index (χ2n) is 6.50. The third-order valence-corrected chi connectivity index (χ3v) is 4.41. The molecule has 2 aliphatic heterocycles. The molecule has 0 radical (unpaired) electrons. The predicted octanol–water partition coefficient (Wildman–Crippen LogP) is 1.27. The Hall–Kier alpha value is -1.10. The van der Waals surface area contributed by atoms with Crippen LogP contribution in [0, 0.1) is 5.92 Å². The number of hydrogen-bond donors (Lipinski definition) is 0. The summed E-state index contributed by atoms with van der Waals surface area (Å²) >= 11 is 0. The van der Waals surface area contributed by atoms with Gasteiger partial charge in [-0.15, -0.1) is 0 Å². The molecule has 1 atom stereocenters. The van der Waals surface area contributed by atoms with Gasteiger partial charge >= 0.3 is 0 Å². The molecule has 2 saturated heterocycles. The molecule has 2 rings (SSSR count). The fourth-order valence-corrected chi connectivity index (χ4v) is 3.19. The third kappa shape index (κ3) is 3.14. The van der Waals surface area contributed by atoms with Gasteiger partial charge in [0.15, 0.2) is 0 Å². The molecule has 0 aromatic carbocycles. The summed E-state index contributed by atoms with van der Waals surface area (Å²) in [5.74, 6) is 0.252.